The van der Waals surface area contributed by atoms with E-state index in [1.54, 1.807) is 0 Å². The fourth-order valence-electron chi connectivity index (χ4n) is 0.417. The highest BCUT2D eigenvalue weighted by Gasteiger charge is 1.95. The van der Waals surface area contributed by atoms with E-state index >= 15 is 0 Å². The number of carboxylic acids is 2. The van der Waals surface area contributed by atoms with Gasteiger partial charge in [-0.1, -0.05) is 0 Å². The van der Waals surface area contributed by atoms with Crippen LogP contribution in [0.5, 0.6) is 0 Å². The Labute approximate surface area is 68.6 Å². The molecule has 1 N–H and O–H groups in total. The molecule has 11 heavy (non-hydrogen) atoms. The Balaban J connectivity index is 3.03. The summed E-state index contributed by atoms with van der Waals surface area (Å²) in [5, 5.41) is 18.0. The minimum Gasteiger partial charge on any atom is -0.550 e. The van der Waals surface area contributed by atoms with Crippen LogP contribution in [0.15, 0.2) is 0 Å². The zero-order valence-electron chi connectivity index (χ0n) is 5.91. The summed E-state index contributed by atoms with van der Waals surface area (Å²) in [5.41, 5.74) is 0. The summed E-state index contributed by atoms with van der Waals surface area (Å²) in [5.74, 6) is -1.06. The normalized spacial score (nSPS) is 9.45. The van der Waals surface area contributed by atoms with Crippen LogP contribution < -0.4 is 5.11 Å². The average Bonchev–Trinajstić information content (AvgIpc) is 1.85. The Hall–Kier alpha value is -0.710. The minimum absolute atomic E-state index is 0.00964. The third kappa shape index (κ3) is 9.29. The second-order valence-corrected chi connectivity index (χ2v) is 3.10. The molecule has 5 heteroatoms. The fraction of sp³-hybridized carbons (Fsp3) is 0.667. The lowest BCUT2D eigenvalue weighted by Crippen LogP contribution is -2.22. The molecule has 0 bridgehead atoms. The summed E-state index contributed by atoms with van der Waals surface area (Å²) >= 11 is 1.31. The molecule has 4 nitrogen and oxygen atoms in total. The number of aliphatic carboxylic acids is 2. The van der Waals surface area contributed by atoms with Crippen LogP contribution in [0.2, 0.25) is 0 Å². The summed E-state index contributed by atoms with van der Waals surface area (Å²) < 4.78 is 0. The Bertz CT molecular complexity index is 130. The Morgan fingerprint density at radius 3 is 2.27 bits per heavy atom. The van der Waals surface area contributed by atoms with Crippen molar-refractivity contribution in [1.29, 1.82) is 0 Å². The van der Waals surface area contributed by atoms with Crippen LogP contribution in [0.25, 0.3) is 0 Å². The highest BCUT2D eigenvalue weighted by atomic mass is 32.2. The van der Waals surface area contributed by atoms with E-state index in [2.05, 4.69) is 0 Å². The predicted molar refractivity (Wildman–Crippen MR) is 39.2 cm³/mol. The van der Waals surface area contributed by atoms with Crippen molar-refractivity contribution in [3.8, 4) is 0 Å². The van der Waals surface area contributed by atoms with Gasteiger partial charge in [-0.2, -0.15) is 11.8 Å². The molecule has 0 saturated heterocycles. The van der Waals surface area contributed by atoms with Crippen molar-refractivity contribution in [2.75, 3.05) is 11.5 Å². The molecule has 0 spiro atoms. The molecule has 0 rings (SSSR count). The van der Waals surface area contributed by atoms with Crippen molar-refractivity contribution in [3.05, 3.63) is 0 Å². The van der Waals surface area contributed by atoms with E-state index in [9.17, 15) is 14.7 Å². The number of thioether (sulfide) groups is 1. The fourth-order valence-corrected chi connectivity index (χ4v) is 1.25. The van der Waals surface area contributed by atoms with Crippen molar-refractivity contribution in [2.24, 2.45) is 0 Å². The lowest BCUT2D eigenvalue weighted by molar-refractivity contribution is -0.305. The van der Waals surface area contributed by atoms with Gasteiger partial charge in [0.1, 0.15) is 0 Å². The Morgan fingerprint density at radius 1 is 1.27 bits per heavy atom. The van der Waals surface area contributed by atoms with E-state index in [0.717, 1.165) is 0 Å². The molecule has 0 aliphatic heterocycles. The predicted octanol–water partition coefficient (Wildman–Crippen LogP) is -0.666. The first-order valence-corrected chi connectivity index (χ1v) is 4.28. The molecule has 0 aromatic heterocycles. The molecule has 0 amide bonds. The van der Waals surface area contributed by atoms with Gasteiger partial charge in [0.05, 0.1) is 6.42 Å². The van der Waals surface area contributed by atoms with Crippen LogP contribution in [0.3, 0.4) is 0 Å². The van der Waals surface area contributed by atoms with Gasteiger partial charge in [0.15, 0.2) is 0 Å². The second-order valence-electron chi connectivity index (χ2n) is 1.88. The third-order valence-corrected chi connectivity index (χ3v) is 1.90. The molecule has 64 valence electrons. The highest BCUT2D eigenvalue weighted by Crippen LogP contribution is 2.03. The number of hydrogen-bond donors (Lipinski definition) is 1. The van der Waals surface area contributed by atoms with Crippen molar-refractivity contribution < 1.29 is 19.8 Å². The van der Waals surface area contributed by atoms with Gasteiger partial charge in [0.25, 0.3) is 0 Å². The summed E-state index contributed by atoms with van der Waals surface area (Å²) in [7, 11) is 0. The standard InChI is InChI=1S/C6H10O4S/c7-5(8)1-3-11-4-2-6(9)10/h1-4H2,(H,7,8)(H,9,10)/p-1. The highest BCUT2D eigenvalue weighted by molar-refractivity contribution is 7.99. The molecule has 0 aliphatic carbocycles. The maximum absolute atomic E-state index is 9.95. The zero-order chi connectivity index (χ0) is 8.69. The first kappa shape index (κ1) is 10.3. The van der Waals surface area contributed by atoms with Crippen molar-refractivity contribution in [1.82, 2.24) is 0 Å². The maximum Gasteiger partial charge on any atom is 0.304 e. The van der Waals surface area contributed by atoms with E-state index in [-0.39, 0.29) is 12.8 Å². The second kappa shape index (κ2) is 6.03. The van der Waals surface area contributed by atoms with E-state index in [1.807, 2.05) is 0 Å². The van der Waals surface area contributed by atoms with Crippen LogP contribution in [0, 0.1) is 0 Å². The van der Waals surface area contributed by atoms with Crippen LogP contribution in [0.4, 0.5) is 0 Å². The van der Waals surface area contributed by atoms with Crippen LogP contribution in [-0.2, 0) is 9.59 Å². The Kier molecular flexibility index (Phi) is 5.64. The van der Waals surface area contributed by atoms with Gasteiger partial charge >= 0.3 is 5.97 Å². The van der Waals surface area contributed by atoms with Crippen molar-refractivity contribution in [3.63, 3.8) is 0 Å². The van der Waals surface area contributed by atoms with Crippen LogP contribution >= 0.6 is 11.8 Å². The first-order chi connectivity index (χ1) is 5.13. The molecule has 0 saturated carbocycles. The van der Waals surface area contributed by atoms with E-state index in [1.165, 1.54) is 11.8 Å². The largest absolute Gasteiger partial charge is 0.550 e. The Morgan fingerprint density at radius 2 is 1.82 bits per heavy atom. The molecule has 0 unspecified atom stereocenters. The summed E-state index contributed by atoms with van der Waals surface area (Å²) in [4.78, 5) is 19.8. The third-order valence-electron chi connectivity index (χ3n) is 0.911. The summed E-state index contributed by atoms with van der Waals surface area (Å²) in [6.45, 7) is 0. The van der Waals surface area contributed by atoms with Crippen LogP contribution in [-0.4, -0.2) is 28.6 Å². The molecule has 0 heterocycles. The number of carboxylic acid groups (broad SMARTS) is 2. The van der Waals surface area contributed by atoms with Crippen molar-refractivity contribution >= 4 is 23.7 Å². The molecular formula is C6H9O4S-. The number of carbonyl (C=O) groups is 2. The van der Waals surface area contributed by atoms with E-state index < -0.39 is 11.9 Å². The summed E-state index contributed by atoms with van der Waals surface area (Å²) in [6, 6.07) is 0. The molecule has 0 fully saturated rings. The smallest absolute Gasteiger partial charge is 0.304 e. The quantitative estimate of drug-likeness (QED) is 0.545. The van der Waals surface area contributed by atoms with Gasteiger partial charge in [-0.05, 0) is 12.2 Å². The first-order valence-electron chi connectivity index (χ1n) is 3.12. The van der Waals surface area contributed by atoms with Gasteiger partial charge in [-0.3, -0.25) is 4.79 Å². The lowest BCUT2D eigenvalue weighted by atomic mass is 10.5. The lowest BCUT2D eigenvalue weighted by Gasteiger charge is -1.99. The van der Waals surface area contributed by atoms with E-state index in [0.29, 0.717) is 11.5 Å². The van der Waals surface area contributed by atoms with Crippen LogP contribution in [0.1, 0.15) is 12.8 Å². The molecule has 0 aromatic carbocycles. The van der Waals surface area contributed by atoms with Gasteiger partial charge in [0, 0.05) is 11.7 Å². The monoisotopic (exact) mass is 177 g/mol. The number of hydrogen-bond acceptors (Lipinski definition) is 4. The topological polar surface area (TPSA) is 77.4 Å². The molecular weight excluding hydrogens is 168 g/mol. The number of rotatable bonds is 6. The van der Waals surface area contributed by atoms with Crippen molar-refractivity contribution in [2.45, 2.75) is 12.8 Å². The average molecular weight is 177 g/mol. The SMILES string of the molecule is O=C([O-])CCSCCC(=O)O. The van der Waals surface area contributed by atoms with E-state index in [4.69, 9.17) is 5.11 Å². The maximum atomic E-state index is 9.95. The van der Waals surface area contributed by atoms with Gasteiger partial charge in [-0.25, -0.2) is 0 Å². The zero-order valence-corrected chi connectivity index (χ0v) is 6.73. The van der Waals surface area contributed by atoms with Gasteiger partial charge < -0.3 is 15.0 Å². The summed E-state index contributed by atoms with van der Waals surface area (Å²) in [6.07, 6.45) is 0.0714. The molecule has 0 aliphatic rings. The molecule has 0 radical (unpaired) electrons. The molecule has 0 atom stereocenters. The van der Waals surface area contributed by atoms with Gasteiger partial charge in [-0.15, -0.1) is 0 Å². The molecule has 0 aromatic rings. The number of carbonyl (C=O) groups excluding carboxylic acids is 1. The minimum atomic E-state index is -1.09. The van der Waals surface area contributed by atoms with Gasteiger partial charge in [0.2, 0.25) is 0 Å².